The van der Waals surface area contributed by atoms with E-state index in [0.29, 0.717) is 15.2 Å². The molecule has 0 radical (unpaired) electrons. The van der Waals surface area contributed by atoms with Crippen LogP contribution in [0.1, 0.15) is 23.5 Å². The molecule has 2 aromatic heterocycles. The van der Waals surface area contributed by atoms with Gasteiger partial charge in [0.25, 0.3) is 0 Å². The van der Waals surface area contributed by atoms with Crippen molar-refractivity contribution in [2.75, 3.05) is 4.90 Å². The molecule has 2 N–H and O–H groups in total. The number of nitrogens with zero attached hydrogens (tertiary/aromatic N) is 3. The van der Waals surface area contributed by atoms with Gasteiger partial charge in [0.2, 0.25) is 0 Å². The Bertz CT molecular complexity index is 1280. The molecule has 0 unspecified atom stereocenters. The van der Waals surface area contributed by atoms with Crippen molar-refractivity contribution in [3.05, 3.63) is 107 Å². The number of halogens is 2. The Kier molecular flexibility index (Phi) is 5.51. The number of nitrogens with one attached hydrogen (secondary N) is 1. The van der Waals surface area contributed by atoms with E-state index in [-0.39, 0.29) is 17.8 Å². The SMILES string of the molecule is Oc1ccc(N2C(=S)N[C@@H](c3ccccn3)[C@H]2c2cccn2-c2ccc(Cl)cc2Cl)cc1. The Hall–Kier alpha value is -3.06. The van der Waals surface area contributed by atoms with Crippen molar-refractivity contribution in [2.45, 2.75) is 12.1 Å². The van der Waals surface area contributed by atoms with E-state index in [4.69, 9.17) is 35.4 Å². The first-order valence-corrected chi connectivity index (χ1v) is 11.1. The molecule has 5 rings (SSSR count). The lowest BCUT2D eigenvalue weighted by Gasteiger charge is -2.29. The van der Waals surface area contributed by atoms with Gasteiger partial charge in [0.15, 0.2) is 5.11 Å². The van der Waals surface area contributed by atoms with Crippen LogP contribution in [0.2, 0.25) is 10.0 Å². The number of aromatic hydroxyl groups is 1. The van der Waals surface area contributed by atoms with Gasteiger partial charge in [0.05, 0.1) is 22.4 Å². The van der Waals surface area contributed by atoms with Crippen LogP contribution in [0.25, 0.3) is 5.69 Å². The van der Waals surface area contributed by atoms with E-state index in [1.807, 2.05) is 64.2 Å². The summed E-state index contributed by atoms with van der Waals surface area (Å²) in [7, 11) is 0. The number of pyridine rings is 1. The summed E-state index contributed by atoms with van der Waals surface area (Å²) in [4.78, 5) is 6.63. The third-order valence-corrected chi connectivity index (χ3v) is 6.33. The van der Waals surface area contributed by atoms with Crippen molar-refractivity contribution in [2.24, 2.45) is 0 Å². The summed E-state index contributed by atoms with van der Waals surface area (Å²) >= 11 is 18.4. The van der Waals surface area contributed by atoms with Crippen LogP contribution in [-0.2, 0) is 0 Å². The van der Waals surface area contributed by atoms with Gasteiger partial charge in [-0.2, -0.15) is 0 Å². The molecule has 4 aromatic rings. The van der Waals surface area contributed by atoms with Crippen LogP contribution < -0.4 is 10.2 Å². The van der Waals surface area contributed by atoms with Crippen molar-refractivity contribution >= 4 is 46.2 Å². The van der Waals surface area contributed by atoms with Crippen LogP contribution in [0.3, 0.4) is 0 Å². The van der Waals surface area contributed by atoms with Gasteiger partial charge < -0.3 is 19.9 Å². The molecule has 1 aliphatic heterocycles. The molecule has 2 atom stereocenters. The predicted molar refractivity (Wildman–Crippen MR) is 132 cm³/mol. The molecule has 0 aliphatic carbocycles. The Morgan fingerprint density at radius 1 is 0.969 bits per heavy atom. The Morgan fingerprint density at radius 2 is 1.78 bits per heavy atom. The fourth-order valence-corrected chi connectivity index (χ4v) is 4.92. The molecular formula is C24H18Cl2N4OS. The topological polar surface area (TPSA) is 53.3 Å². The van der Waals surface area contributed by atoms with Crippen LogP contribution in [-0.4, -0.2) is 19.8 Å². The second-order valence-corrected chi connectivity index (χ2v) is 8.64. The summed E-state index contributed by atoms with van der Waals surface area (Å²) in [6.07, 6.45) is 3.74. The van der Waals surface area contributed by atoms with E-state index < -0.39 is 0 Å². The normalized spacial score (nSPS) is 18.1. The van der Waals surface area contributed by atoms with E-state index in [1.54, 1.807) is 24.4 Å². The van der Waals surface area contributed by atoms with Gasteiger partial charge in [-0.25, -0.2) is 0 Å². The second kappa shape index (κ2) is 8.47. The Balaban J connectivity index is 1.68. The predicted octanol–water partition coefficient (Wildman–Crippen LogP) is 6.06. The molecular weight excluding hydrogens is 463 g/mol. The van der Waals surface area contributed by atoms with Crippen molar-refractivity contribution in [3.8, 4) is 11.4 Å². The summed E-state index contributed by atoms with van der Waals surface area (Å²) in [6, 6.07) is 21.9. The van der Waals surface area contributed by atoms with Crippen LogP contribution in [0.4, 0.5) is 5.69 Å². The largest absolute Gasteiger partial charge is 0.508 e. The van der Waals surface area contributed by atoms with Crippen molar-refractivity contribution < 1.29 is 5.11 Å². The summed E-state index contributed by atoms with van der Waals surface area (Å²) in [5.41, 5.74) is 3.53. The van der Waals surface area contributed by atoms with Gasteiger partial charge in [-0.3, -0.25) is 4.98 Å². The van der Waals surface area contributed by atoms with E-state index in [9.17, 15) is 5.11 Å². The van der Waals surface area contributed by atoms with E-state index in [2.05, 4.69) is 16.4 Å². The smallest absolute Gasteiger partial charge is 0.174 e. The number of aromatic nitrogens is 2. The lowest BCUT2D eigenvalue weighted by Crippen LogP contribution is -2.30. The number of thiocarbonyl (C=S) groups is 1. The zero-order valence-corrected chi connectivity index (χ0v) is 19.0. The summed E-state index contributed by atoms with van der Waals surface area (Å²) in [6.45, 7) is 0. The quantitative estimate of drug-likeness (QED) is 0.347. The van der Waals surface area contributed by atoms with E-state index in [0.717, 1.165) is 22.8 Å². The number of phenolic OH excluding ortho intramolecular Hbond substituents is 1. The maximum Gasteiger partial charge on any atom is 0.174 e. The number of hydrogen-bond acceptors (Lipinski definition) is 3. The molecule has 2 aromatic carbocycles. The van der Waals surface area contributed by atoms with Gasteiger partial charge in [-0.15, -0.1) is 0 Å². The number of phenols is 1. The highest BCUT2D eigenvalue weighted by Gasteiger charge is 2.42. The highest BCUT2D eigenvalue weighted by Crippen LogP contribution is 2.43. The number of hydrogen-bond donors (Lipinski definition) is 2. The van der Waals surface area contributed by atoms with Gasteiger partial charge >= 0.3 is 0 Å². The van der Waals surface area contributed by atoms with E-state index in [1.165, 1.54) is 0 Å². The molecule has 0 bridgehead atoms. The maximum absolute atomic E-state index is 9.78. The molecule has 160 valence electrons. The lowest BCUT2D eigenvalue weighted by molar-refractivity contribution is 0.475. The van der Waals surface area contributed by atoms with Crippen molar-refractivity contribution in [1.29, 1.82) is 0 Å². The first-order chi connectivity index (χ1) is 15.5. The van der Waals surface area contributed by atoms with Gasteiger partial charge in [0.1, 0.15) is 11.8 Å². The highest BCUT2D eigenvalue weighted by molar-refractivity contribution is 7.80. The minimum absolute atomic E-state index is 0.195. The van der Waals surface area contributed by atoms with Crippen molar-refractivity contribution in [1.82, 2.24) is 14.9 Å². The molecule has 0 saturated carbocycles. The molecule has 0 amide bonds. The van der Waals surface area contributed by atoms with Crippen LogP contribution >= 0.6 is 35.4 Å². The maximum atomic E-state index is 9.78. The van der Waals surface area contributed by atoms with Gasteiger partial charge in [-0.1, -0.05) is 29.3 Å². The highest BCUT2D eigenvalue weighted by atomic mass is 35.5. The molecule has 5 nitrogen and oxygen atoms in total. The standard InChI is InChI=1S/C24H18Cl2N4OS/c25-15-6-11-20(18(26)14-15)29-13-3-5-21(29)23-22(19-4-1-2-12-27-19)28-24(32)30(23)16-7-9-17(31)10-8-16/h1-14,22-23,31H,(H,28,32)/t22-,23+/m0/s1. The number of anilines is 1. The third kappa shape index (κ3) is 3.71. The average molecular weight is 481 g/mol. The molecule has 0 spiro atoms. The molecule has 8 heteroatoms. The fourth-order valence-electron chi connectivity index (χ4n) is 4.08. The first kappa shape index (κ1) is 20.8. The first-order valence-electron chi connectivity index (χ1n) is 9.95. The summed E-state index contributed by atoms with van der Waals surface area (Å²) in [5, 5.41) is 14.9. The molecule has 1 fully saturated rings. The zero-order chi connectivity index (χ0) is 22.2. The van der Waals surface area contributed by atoms with Crippen LogP contribution in [0.15, 0.2) is 85.2 Å². The second-order valence-electron chi connectivity index (χ2n) is 7.41. The zero-order valence-electron chi connectivity index (χ0n) is 16.7. The van der Waals surface area contributed by atoms with Crippen LogP contribution in [0, 0.1) is 0 Å². The summed E-state index contributed by atoms with van der Waals surface area (Å²) < 4.78 is 2.04. The Labute approximate surface area is 200 Å². The Morgan fingerprint density at radius 3 is 2.50 bits per heavy atom. The van der Waals surface area contributed by atoms with Gasteiger partial charge in [-0.05, 0) is 78.9 Å². The number of rotatable bonds is 4. The molecule has 32 heavy (non-hydrogen) atoms. The third-order valence-electron chi connectivity index (χ3n) is 5.48. The minimum Gasteiger partial charge on any atom is -0.508 e. The number of benzene rings is 2. The van der Waals surface area contributed by atoms with Gasteiger partial charge in [0, 0.05) is 28.8 Å². The minimum atomic E-state index is -0.219. The fraction of sp³-hybridized carbons (Fsp3) is 0.0833. The average Bonchev–Trinajstić information content (AvgIpc) is 3.39. The molecule has 1 aliphatic rings. The van der Waals surface area contributed by atoms with Crippen molar-refractivity contribution in [3.63, 3.8) is 0 Å². The molecule has 3 heterocycles. The van der Waals surface area contributed by atoms with E-state index >= 15 is 0 Å². The molecule has 1 saturated heterocycles. The van der Waals surface area contributed by atoms with Crippen LogP contribution in [0.5, 0.6) is 5.75 Å². The lowest BCUT2D eigenvalue weighted by atomic mass is 10.0. The monoisotopic (exact) mass is 480 g/mol. The summed E-state index contributed by atoms with van der Waals surface area (Å²) in [5.74, 6) is 0.195.